The number of amides is 1. The van der Waals surface area contributed by atoms with Crippen molar-refractivity contribution in [2.45, 2.75) is 45.4 Å². The van der Waals surface area contributed by atoms with E-state index in [1.807, 2.05) is 19.1 Å². The average Bonchev–Trinajstić information content (AvgIpc) is 2.96. The van der Waals surface area contributed by atoms with Gasteiger partial charge in [-0.2, -0.15) is 0 Å². The summed E-state index contributed by atoms with van der Waals surface area (Å²) >= 11 is 0. The summed E-state index contributed by atoms with van der Waals surface area (Å²) in [6, 6.07) is 5.54. The Morgan fingerprint density at radius 1 is 1.38 bits per heavy atom. The van der Waals surface area contributed by atoms with E-state index in [0.29, 0.717) is 18.7 Å². The SMILES string of the molecule is Cc1ccc(N)cc1NC(=O)CCCOCC1CCCC1. The van der Waals surface area contributed by atoms with Crippen LogP contribution in [-0.2, 0) is 9.53 Å². The second-order valence-electron chi connectivity index (χ2n) is 5.95. The molecule has 1 aromatic carbocycles. The Morgan fingerprint density at radius 2 is 2.14 bits per heavy atom. The fraction of sp³-hybridized carbons (Fsp3) is 0.588. The monoisotopic (exact) mass is 290 g/mol. The van der Waals surface area contributed by atoms with E-state index in [9.17, 15) is 4.79 Å². The minimum atomic E-state index is 0.0215. The van der Waals surface area contributed by atoms with E-state index in [4.69, 9.17) is 10.5 Å². The number of nitrogen functional groups attached to an aromatic ring is 1. The van der Waals surface area contributed by atoms with Gasteiger partial charge in [-0.3, -0.25) is 4.79 Å². The maximum atomic E-state index is 11.9. The number of nitrogens with two attached hydrogens (primary N) is 1. The minimum Gasteiger partial charge on any atom is -0.399 e. The maximum Gasteiger partial charge on any atom is 0.224 e. The molecule has 0 saturated heterocycles. The Morgan fingerprint density at radius 3 is 2.90 bits per heavy atom. The van der Waals surface area contributed by atoms with Gasteiger partial charge in [0.25, 0.3) is 0 Å². The second kappa shape index (κ2) is 8.03. The first-order valence-corrected chi connectivity index (χ1v) is 7.89. The summed E-state index contributed by atoms with van der Waals surface area (Å²) < 4.78 is 5.66. The maximum absolute atomic E-state index is 11.9. The summed E-state index contributed by atoms with van der Waals surface area (Å²) in [6.45, 7) is 3.48. The molecule has 1 amide bonds. The first-order chi connectivity index (χ1) is 10.1. The summed E-state index contributed by atoms with van der Waals surface area (Å²) in [6.07, 6.45) is 6.54. The average molecular weight is 290 g/mol. The van der Waals surface area contributed by atoms with Crippen LogP contribution in [-0.4, -0.2) is 19.1 Å². The van der Waals surface area contributed by atoms with Crippen molar-refractivity contribution in [2.24, 2.45) is 5.92 Å². The predicted octanol–water partition coefficient (Wildman–Crippen LogP) is 3.50. The summed E-state index contributed by atoms with van der Waals surface area (Å²) in [5.41, 5.74) is 8.22. The van der Waals surface area contributed by atoms with Crippen LogP contribution in [0.3, 0.4) is 0 Å². The van der Waals surface area contributed by atoms with E-state index in [2.05, 4.69) is 5.32 Å². The van der Waals surface area contributed by atoms with Gasteiger partial charge in [-0.05, 0) is 49.8 Å². The molecule has 3 N–H and O–H groups in total. The van der Waals surface area contributed by atoms with Crippen LogP contribution in [0.1, 0.15) is 44.1 Å². The summed E-state index contributed by atoms with van der Waals surface area (Å²) in [4.78, 5) is 11.9. The number of rotatable bonds is 7. The molecule has 1 saturated carbocycles. The fourth-order valence-electron chi connectivity index (χ4n) is 2.75. The topological polar surface area (TPSA) is 64.3 Å². The molecule has 1 fully saturated rings. The van der Waals surface area contributed by atoms with Gasteiger partial charge in [-0.25, -0.2) is 0 Å². The standard InChI is InChI=1S/C17H26N2O2/c1-13-8-9-15(18)11-16(13)19-17(20)7-4-10-21-12-14-5-2-3-6-14/h8-9,11,14H,2-7,10,12,18H2,1H3,(H,19,20). The summed E-state index contributed by atoms with van der Waals surface area (Å²) in [5.74, 6) is 0.766. The highest BCUT2D eigenvalue weighted by molar-refractivity contribution is 5.91. The van der Waals surface area contributed by atoms with Gasteiger partial charge in [0.1, 0.15) is 0 Å². The zero-order chi connectivity index (χ0) is 15.1. The summed E-state index contributed by atoms with van der Waals surface area (Å²) in [5, 5.41) is 2.91. The van der Waals surface area contributed by atoms with Crippen molar-refractivity contribution in [3.05, 3.63) is 23.8 Å². The van der Waals surface area contributed by atoms with Crippen LogP contribution in [0, 0.1) is 12.8 Å². The molecule has 21 heavy (non-hydrogen) atoms. The van der Waals surface area contributed by atoms with Crippen LogP contribution < -0.4 is 11.1 Å². The van der Waals surface area contributed by atoms with Crippen molar-refractivity contribution in [1.29, 1.82) is 0 Å². The van der Waals surface area contributed by atoms with Gasteiger partial charge < -0.3 is 15.8 Å². The number of carbonyl (C=O) groups excluding carboxylic acids is 1. The molecule has 116 valence electrons. The van der Waals surface area contributed by atoms with Crippen molar-refractivity contribution in [1.82, 2.24) is 0 Å². The van der Waals surface area contributed by atoms with Gasteiger partial charge in [-0.1, -0.05) is 18.9 Å². The fourth-order valence-corrected chi connectivity index (χ4v) is 2.75. The van der Waals surface area contributed by atoms with Crippen LogP contribution in [0.5, 0.6) is 0 Å². The Balaban J connectivity index is 1.62. The largest absolute Gasteiger partial charge is 0.399 e. The van der Waals surface area contributed by atoms with Gasteiger partial charge in [0.05, 0.1) is 0 Å². The minimum absolute atomic E-state index is 0.0215. The molecule has 0 radical (unpaired) electrons. The number of anilines is 2. The van der Waals surface area contributed by atoms with Gasteiger partial charge in [0, 0.05) is 31.0 Å². The van der Waals surface area contributed by atoms with E-state index in [1.54, 1.807) is 6.07 Å². The predicted molar refractivity (Wildman–Crippen MR) is 86.2 cm³/mol. The van der Waals surface area contributed by atoms with E-state index in [-0.39, 0.29) is 5.91 Å². The third kappa shape index (κ3) is 5.38. The normalized spacial score (nSPS) is 15.3. The zero-order valence-electron chi connectivity index (χ0n) is 12.9. The van der Waals surface area contributed by atoms with Crippen LogP contribution in [0.15, 0.2) is 18.2 Å². The lowest BCUT2D eigenvalue weighted by Gasteiger charge is -2.11. The number of carbonyl (C=O) groups is 1. The first kappa shape index (κ1) is 15.8. The highest BCUT2D eigenvalue weighted by Crippen LogP contribution is 2.24. The Hall–Kier alpha value is -1.55. The van der Waals surface area contributed by atoms with E-state index in [1.165, 1.54) is 25.7 Å². The molecule has 0 unspecified atom stereocenters. The molecule has 1 aromatic rings. The van der Waals surface area contributed by atoms with Crippen LogP contribution in [0.4, 0.5) is 11.4 Å². The molecular weight excluding hydrogens is 264 g/mol. The number of ether oxygens (including phenoxy) is 1. The van der Waals surface area contributed by atoms with Crippen molar-refractivity contribution < 1.29 is 9.53 Å². The van der Waals surface area contributed by atoms with E-state index in [0.717, 1.165) is 30.2 Å². The van der Waals surface area contributed by atoms with Crippen molar-refractivity contribution in [2.75, 3.05) is 24.3 Å². The molecule has 0 aliphatic heterocycles. The second-order valence-corrected chi connectivity index (χ2v) is 5.95. The molecule has 1 aliphatic carbocycles. The quantitative estimate of drug-likeness (QED) is 0.596. The van der Waals surface area contributed by atoms with Crippen LogP contribution >= 0.6 is 0 Å². The molecule has 1 aliphatic rings. The molecule has 0 spiro atoms. The number of aryl methyl sites for hydroxylation is 1. The van der Waals surface area contributed by atoms with Gasteiger partial charge in [0.2, 0.25) is 5.91 Å². The highest BCUT2D eigenvalue weighted by atomic mass is 16.5. The molecule has 0 aromatic heterocycles. The Bertz CT molecular complexity index is 468. The molecule has 0 atom stereocenters. The van der Waals surface area contributed by atoms with E-state index < -0.39 is 0 Å². The van der Waals surface area contributed by atoms with Crippen LogP contribution in [0.25, 0.3) is 0 Å². The number of hydrogen-bond acceptors (Lipinski definition) is 3. The molecule has 2 rings (SSSR count). The lowest BCUT2D eigenvalue weighted by Crippen LogP contribution is -2.14. The molecule has 0 heterocycles. The smallest absolute Gasteiger partial charge is 0.224 e. The number of benzene rings is 1. The molecule has 0 bridgehead atoms. The van der Waals surface area contributed by atoms with Gasteiger partial charge >= 0.3 is 0 Å². The lowest BCUT2D eigenvalue weighted by molar-refractivity contribution is -0.116. The van der Waals surface area contributed by atoms with Gasteiger partial charge in [-0.15, -0.1) is 0 Å². The van der Waals surface area contributed by atoms with Crippen molar-refractivity contribution in [3.8, 4) is 0 Å². The molecular formula is C17H26N2O2. The number of hydrogen-bond donors (Lipinski definition) is 2. The number of nitrogens with one attached hydrogen (secondary N) is 1. The highest BCUT2D eigenvalue weighted by Gasteiger charge is 2.14. The third-order valence-corrected chi connectivity index (χ3v) is 4.06. The van der Waals surface area contributed by atoms with E-state index >= 15 is 0 Å². The van der Waals surface area contributed by atoms with Gasteiger partial charge in [0.15, 0.2) is 0 Å². The Kier molecular flexibility index (Phi) is 6.05. The lowest BCUT2D eigenvalue weighted by atomic mass is 10.1. The van der Waals surface area contributed by atoms with Crippen molar-refractivity contribution in [3.63, 3.8) is 0 Å². The third-order valence-electron chi connectivity index (χ3n) is 4.06. The molecule has 4 heteroatoms. The zero-order valence-corrected chi connectivity index (χ0v) is 12.9. The van der Waals surface area contributed by atoms with Crippen molar-refractivity contribution >= 4 is 17.3 Å². The molecule has 4 nitrogen and oxygen atoms in total. The Labute approximate surface area is 127 Å². The summed E-state index contributed by atoms with van der Waals surface area (Å²) in [7, 11) is 0. The first-order valence-electron chi connectivity index (χ1n) is 7.89. The van der Waals surface area contributed by atoms with Crippen LogP contribution in [0.2, 0.25) is 0 Å².